The second-order valence-corrected chi connectivity index (χ2v) is 8.26. The van der Waals surface area contributed by atoms with Crippen LogP contribution >= 0.6 is 11.8 Å². The molecule has 1 spiro atoms. The minimum absolute atomic E-state index is 0.0248. The number of nitrogens with two attached hydrogens (primary N) is 2. The van der Waals surface area contributed by atoms with E-state index in [1.165, 1.54) is 0 Å². The molecule has 7 nitrogen and oxygen atoms in total. The zero-order chi connectivity index (χ0) is 20.9. The van der Waals surface area contributed by atoms with E-state index in [9.17, 15) is 14.9 Å². The summed E-state index contributed by atoms with van der Waals surface area (Å²) in [5, 5.41) is 10.0. The summed E-state index contributed by atoms with van der Waals surface area (Å²) in [5.41, 5.74) is 12.3. The van der Waals surface area contributed by atoms with Gasteiger partial charge in [0.1, 0.15) is 23.4 Å². The largest absolute Gasteiger partial charge is 0.460 e. The monoisotopic (exact) mass is 412 g/mol. The number of nitrogens with zero attached hydrogens (tertiary/aromatic N) is 2. The first-order valence-electron chi connectivity index (χ1n) is 9.58. The van der Waals surface area contributed by atoms with Crippen LogP contribution in [-0.4, -0.2) is 23.5 Å². The second-order valence-electron chi connectivity index (χ2n) is 7.29. The molecule has 3 rings (SSSR count). The zero-order valence-electron chi connectivity index (χ0n) is 16.1. The van der Waals surface area contributed by atoms with Crippen molar-refractivity contribution < 1.29 is 14.3 Å². The van der Waals surface area contributed by atoms with Gasteiger partial charge < -0.3 is 16.2 Å². The predicted octanol–water partition coefficient (Wildman–Crippen LogP) is 2.62. The molecule has 0 radical (unpaired) electrons. The number of nitriles is 1. The van der Waals surface area contributed by atoms with Crippen LogP contribution in [0.4, 0.5) is 0 Å². The molecule has 4 N–H and O–H groups in total. The molecule has 0 saturated heterocycles. The average molecular weight is 413 g/mol. The van der Waals surface area contributed by atoms with Gasteiger partial charge in [0.15, 0.2) is 0 Å². The highest BCUT2D eigenvalue weighted by atomic mass is 32.2. The lowest BCUT2D eigenvalue weighted by Crippen LogP contribution is -2.47. The highest BCUT2D eigenvalue weighted by Crippen LogP contribution is 2.52. The number of thioether (sulfide) groups is 1. The number of hydrogen-bond acceptors (Lipinski definition) is 7. The molecule has 1 amide bonds. The number of amides is 1. The van der Waals surface area contributed by atoms with E-state index in [4.69, 9.17) is 16.2 Å². The van der Waals surface area contributed by atoms with Gasteiger partial charge in [-0.15, -0.1) is 0 Å². The Hall–Kier alpha value is -2.79. The average Bonchev–Trinajstić information content (AvgIpc) is 2.71. The molecule has 1 aromatic rings. The van der Waals surface area contributed by atoms with Gasteiger partial charge in [-0.05, 0) is 18.4 Å². The highest BCUT2D eigenvalue weighted by Gasteiger charge is 2.50. The van der Waals surface area contributed by atoms with Crippen molar-refractivity contribution in [2.24, 2.45) is 27.8 Å². The van der Waals surface area contributed by atoms with Crippen LogP contribution in [0.25, 0.3) is 0 Å². The number of carbonyl (C=O) groups excluding carboxylic acids is 2. The maximum absolute atomic E-state index is 12.4. The topological polar surface area (TPSA) is 132 Å². The van der Waals surface area contributed by atoms with Crippen LogP contribution in [0, 0.1) is 22.7 Å². The van der Waals surface area contributed by atoms with Crippen molar-refractivity contribution in [3.63, 3.8) is 0 Å². The zero-order valence-corrected chi connectivity index (χ0v) is 16.9. The third-order valence-corrected chi connectivity index (χ3v) is 6.43. The number of rotatable bonds is 6. The Balaban J connectivity index is 1.78. The minimum Gasteiger partial charge on any atom is -0.460 e. The van der Waals surface area contributed by atoms with E-state index < -0.39 is 23.2 Å². The molecule has 1 saturated carbocycles. The molecule has 1 aliphatic heterocycles. The van der Waals surface area contributed by atoms with Crippen LogP contribution in [0.5, 0.6) is 0 Å². The van der Waals surface area contributed by atoms with Gasteiger partial charge in [0.2, 0.25) is 5.91 Å². The molecule has 0 bridgehead atoms. The Kier molecular flexibility index (Phi) is 6.60. The Morgan fingerprint density at radius 3 is 2.55 bits per heavy atom. The predicted molar refractivity (Wildman–Crippen MR) is 111 cm³/mol. The summed E-state index contributed by atoms with van der Waals surface area (Å²) in [6.45, 7) is 0.174. The fourth-order valence-corrected chi connectivity index (χ4v) is 5.11. The smallest absolute Gasteiger partial charge is 0.316 e. The maximum atomic E-state index is 12.4. The molecule has 152 valence electrons. The van der Waals surface area contributed by atoms with Gasteiger partial charge in [-0.1, -0.05) is 61.4 Å². The van der Waals surface area contributed by atoms with Crippen molar-refractivity contribution in [3.05, 3.63) is 46.5 Å². The van der Waals surface area contributed by atoms with Crippen LogP contribution in [-0.2, 0) is 20.9 Å². The normalized spacial score (nSPS) is 20.7. The molecule has 0 aromatic heterocycles. The molecule has 1 atom stereocenters. The van der Waals surface area contributed by atoms with Crippen molar-refractivity contribution in [3.8, 4) is 6.07 Å². The Labute approximate surface area is 174 Å². The van der Waals surface area contributed by atoms with Gasteiger partial charge >= 0.3 is 5.97 Å². The van der Waals surface area contributed by atoms with Crippen molar-refractivity contribution in [1.82, 2.24) is 0 Å². The maximum Gasteiger partial charge on any atom is 0.316 e. The molecule has 1 heterocycles. The summed E-state index contributed by atoms with van der Waals surface area (Å²) in [7, 11) is 0. The summed E-state index contributed by atoms with van der Waals surface area (Å²) < 4.78 is 5.29. The van der Waals surface area contributed by atoms with Crippen molar-refractivity contribution in [1.29, 1.82) is 5.26 Å². The summed E-state index contributed by atoms with van der Waals surface area (Å²) >= 11 is 1.09. The lowest BCUT2D eigenvalue weighted by molar-refractivity contribution is -0.141. The summed E-state index contributed by atoms with van der Waals surface area (Å²) in [6.07, 6.45) is 4.13. The lowest BCUT2D eigenvalue weighted by Gasteiger charge is -2.43. The number of primary amides is 1. The number of amidine groups is 1. The van der Waals surface area contributed by atoms with Crippen molar-refractivity contribution >= 4 is 29.5 Å². The lowest BCUT2D eigenvalue weighted by atomic mass is 9.60. The van der Waals surface area contributed by atoms with E-state index in [0.717, 1.165) is 36.6 Å². The van der Waals surface area contributed by atoms with E-state index in [2.05, 4.69) is 11.1 Å². The standard InChI is InChI=1S/C21H24N4O3S/c22-11-15-18(23)25-20(17(19(24)27)21(15)9-5-2-6-10-21)29-13-16(26)28-12-14-7-3-1-4-8-14/h1,3-4,7-8,15H,2,5-6,9-10,12-13H2,(H2,23,25)(H2,24,27). The van der Waals surface area contributed by atoms with Gasteiger partial charge in [0, 0.05) is 5.41 Å². The molecular formula is C21H24N4O3S. The summed E-state index contributed by atoms with van der Waals surface area (Å²) in [5.74, 6) is -1.56. The first kappa shape index (κ1) is 20.9. The van der Waals surface area contributed by atoms with Gasteiger partial charge in [0.05, 0.1) is 17.4 Å². The number of carbonyl (C=O) groups is 2. The molecule has 1 unspecified atom stereocenters. The fourth-order valence-electron chi connectivity index (χ4n) is 4.15. The molecule has 1 fully saturated rings. The molecule has 8 heteroatoms. The van der Waals surface area contributed by atoms with Crippen LogP contribution in [0.3, 0.4) is 0 Å². The van der Waals surface area contributed by atoms with Gasteiger partial charge in [-0.2, -0.15) is 5.26 Å². The van der Waals surface area contributed by atoms with Crippen LogP contribution in [0.1, 0.15) is 37.7 Å². The quantitative estimate of drug-likeness (QED) is 0.690. The van der Waals surface area contributed by atoms with Crippen molar-refractivity contribution in [2.75, 3.05) is 5.75 Å². The third kappa shape index (κ3) is 4.46. The fraction of sp³-hybridized carbons (Fsp3) is 0.429. The Morgan fingerprint density at radius 1 is 1.24 bits per heavy atom. The highest BCUT2D eigenvalue weighted by molar-refractivity contribution is 8.03. The molecule has 29 heavy (non-hydrogen) atoms. The van der Waals surface area contributed by atoms with E-state index in [1.807, 2.05) is 30.3 Å². The van der Waals surface area contributed by atoms with Crippen molar-refractivity contribution in [2.45, 2.75) is 38.7 Å². The first-order valence-corrected chi connectivity index (χ1v) is 10.6. The summed E-state index contributed by atoms with van der Waals surface area (Å²) in [4.78, 5) is 28.9. The number of benzene rings is 1. The van der Waals surface area contributed by atoms with Crippen LogP contribution < -0.4 is 11.5 Å². The van der Waals surface area contributed by atoms with E-state index in [1.54, 1.807) is 0 Å². The number of ether oxygens (including phenoxy) is 1. The molecule has 2 aliphatic rings. The van der Waals surface area contributed by atoms with E-state index >= 15 is 0 Å². The third-order valence-electron chi connectivity index (χ3n) is 5.48. The number of esters is 1. The SMILES string of the molecule is N#CC1C(N)=NC(SCC(=O)OCc2ccccc2)=C(C(N)=O)C12CCCCC2. The molecule has 1 aliphatic carbocycles. The van der Waals surface area contributed by atoms with E-state index in [-0.39, 0.29) is 18.2 Å². The minimum atomic E-state index is -0.721. The van der Waals surface area contributed by atoms with Gasteiger partial charge in [0.25, 0.3) is 0 Å². The summed E-state index contributed by atoms with van der Waals surface area (Å²) in [6, 6.07) is 11.6. The number of hydrogen-bond donors (Lipinski definition) is 2. The van der Waals surface area contributed by atoms with Crippen LogP contribution in [0.15, 0.2) is 45.9 Å². The first-order chi connectivity index (χ1) is 14.0. The van der Waals surface area contributed by atoms with Gasteiger partial charge in [-0.3, -0.25) is 9.59 Å². The van der Waals surface area contributed by atoms with Crippen LogP contribution in [0.2, 0.25) is 0 Å². The second kappa shape index (κ2) is 9.14. The number of aliphatic imine (C=N–C) groups is 1. The Morgan fingerprint density at radius 2 is 1.93 bits per heavy atom. The molecule has 1 aromatic carbocycles. The van der Waals surface area contributed by atoms with E-state index in [0.29, 0.717) is 23.4 Å². The van der Waals surface area contributed by atoms with Gasteiger partial charge in [-0.25, -0.2) is 4.99 Å². The molecular weight excluding hydrogens is 388 g/mol. The Bertz CT molecular complexity index is 883.